The molecule has 1 aliphatic rings. The lowest BCUT2D eigenvalue weighted by Crippen LogP contribution is -2.24. The molecule has 140 valence electrons. The molecule has 2 aromatic rings. The number of benzene rings is 1. The molecule has 1 aromatic heterocycles. The minimum absolute atomic E-state index is 0.106. The number of hydrogen-bond donors (Lipinski definition) is 2. The quantitative estimate of drug-likeness (QED) is 0.852. The van der Waals surface area contributed by atoms with Gasteiger partial charge in [-0.05, 0) is 55.7 Å². The lowest BCUT2D eigenvalue weighted by atomic mass is 10.1. The minimum atomic E-state index is -3.97. The van der Waals surface area contributed by atoms with Crippen LogP contribution >= 0.6 is 0 Å². The van der Waals surface area contributed by atoms with Crippen LogP contribution in [0.5, 0.6) is 0 Å². The summed E-state index contributed by atoms with van der Waals surface area (Å²) in [5.41, 5.74) is 2.73. The van der Waals surface area contributed by atoms with Crippen molar-refractivity contribution in [3.05, 3.63) is 41.7 Å². The zero-order chi connectivity index (χ0) is 18.7. The monoisotopic (exact) mass is 377 g/mol. The van der Waals surface area contributed by atoms with Gasteiger partial charge >= 0.3 is 0 Å². The van der Waals surface area contributed by atoms with Crippen LogP contribution in [0, 0.1) is 6.92 Å². The summed E-state index contributed by atoms with van der Waals surface area (Å²) in [6.45, 7) is 4.02. The zero-order valence-electron chi connectivity index (χ0n) is 14.7. The van der Waals surface area contributed by atoms with Gasteiger partial charge in [-0.25, -0.2) is 13.6 Å². The van der Waals surface area contributed by atoms with Gasteiger partial charge in [0.05, 0.1) is 0 Å². The van der Waals surface area contributed by atoms with Crippen molar-refractivity contribution in [3.8, 4) is 0 Å². The predicted molar refractivity (Wildman–Crippen MR) is 99.9 cm³/mol. The maximum Gasteiger partial charge on any atom is 0.291 e. The Bertz CT molecular complexity index is 897. The minimum Gasteiger partial charge on any atom is -0.438 e. The summed E-state index contributed by atoms with van der Waals surface area (Å²) in [6.07, 6.45) is 4.94. The molecule has 1 fully saturated rings. The van der Waals surface area contributed by atoms with Crippen molar-refractivity contribution in [1.29, 1.82) is 0 Å². The number of amides is 1. The van der Waals surface area contributed by atoms with E-state index in [-0.39, 0.29) is 5.76 Å². The summed E-state index contributed by atoms with van der Waals surface area (Å²) in [7, 11) is -3.97. The van der Waals surface area contributed by atoms with Crippen LogP contribution in [0.3, 0.4) is 0 Å². The molecule has 3 N–H and O–H groups in total. The van der Waals surface area contributed by atoms with Gasteiger partial charge in [0.25, 0.3) is 15.9 Å². The fraction of sp³-hybridized carbons (Fsp3) is 0.389. The van der Waals surface area contributed by atoms with Gasteiger partial charge in [0, 0.05) is 24.5 Å². The number of nitrogens with one attached hydrogen (secondary N) is 1. The predicted octanol–water partition coefficient (Wildman–Crippen LogP) is 2.87. The summed E-state index contributed by atoms with van der Waals surface area (Å²) in [6, 6.07) is 8.36. The van der Waals surface area contributed by atoms with Gasteiger partial charge in [-0.3, -0.25) is 4.79 Å². The van der Waals surface area contributed by atoms with Crippen LogP contribution in [0.1, 0.15) is 41.8 Å². The average molecular weight is 377 g/mol. The van der Waals surface area contributed by atoms with E-state index < -0.39 is 21.0 Å². The van der Waals surface area contributed by atoms with Crippen molar-refractivity contribution in [3.63, 3.8) is 0 Å². The highest BCUT2D eigenvalue weighted by Gasteiger charge is 2.18. The third kappa shape index (κ3) is 4.25. The van der Waals surface area contributed by atoms with Gasteiger partial charge in [0.15, 0.2) is 5.76 Å². The van der Waals surface area contributed by atoms with Gasteiger partial charge in [-0.2, -0.15) is 0 Å². The molecule has 0 saturated carbocycles. The van der Waals surface area contributed by atoms with Crippen LogP contribution < -0.4 is 15.4 Å². The topological polar surface area (TPSA) is 106 Å². The molecule has 7 nitrogen and oxygen atoms in total. The number of carbonyl (C=O) groups is 1. The first kappa shape index (κ1) is 18.5. The third-order valence-electron chi connectivity index (χ3n) is 4.51. The number of nitrogens with zero attached hydrogens (tertiary/aromatic N) is 1. The van der Waals surface area contributed by atoms with Crippen molar-refractivity contribution in [2.75, 3.05) is 23.3 Å². The number of nitrogens with two attached hydrogens (primary N) is 1. The molecule has 0 radical (unpaired) electrons. The first-order chi connectivity index (χ1) is 12.3. The Morgan fingerprint density at radius 1 is 1.12 bits per heavy atom. The van der Waals surface area contributed by atoms with E-state index in [1.54, 1.807) is 0 Å². The van der Waals surface area contributed by atoms with Crippen LogP contribution in [0.15, 0.2) is 39.8 Å². The fourth-order valence-electron chi connectivity index (χ4n) is 3.09. The van der Waals surface area contributed by atoms with E-state index in [0.29, 0.717) is 5.69 Å². The maximum atomic E-state index is 12.3. The molecular weight excluding hydrogens is 354 g/mol. The van der Waals surface area contributed by atoms with Crippen LogP contribution in [0.25, 0.3) is 0 Å². The Labute approximate surface area is 153 Å². The molecule has 1 aromatic carbocycles. The van der Waals surface area contributed by atoms with Crippen LogP contribution in [-0.4, -0.2) is 27.4 Å². The van der Waals surface area contributed by atoms with Gasteiger partial charge < -0.3 is 14.6 Å². The molecule has 1 aliphatic heterocycles. The largest absolute Gasteiger partial charge is 0.438 e. The normalized spacial score (nSPS) is 15.5. The van der Waals surface area contributed by atoms with Gasteiger partial charge in [-0.15, -0.1) is 0 Å². The number of hydrogen-bond acceptors (Lipinski definition) is 5. The number of anilines is 2. The van der Waals surface area contributed by atoms with Gasteiger partial charge in [-0.1, -0.05) is 12.8 Å². The highest BCUT2D eigenvalue weighted by atomic mass is 32.2. The van der Waals surface area contributed by atoms with Crippen molar-refractivity contribution < 1.29 is 17.6 Å². The molecule has 0 unspecified atom stereocenters. The fourth-order valence-corrected chi connectivity index (χ4v) is 3.56. The molecule has 1 amide bonds. The van der Waals surface area contributed by atoms with Crippen LogP contribution in [-0.2, 0) is 10.0 Å². The highest BCUT2D eigenvalue weighted by molar-refractivity contribution is 7.89. The molecule has 2 heterocycles. The van der Waals surface area contributed by atoms with Crippen molar-refractivity contribution in [2.24, 2.45) is 5.14 Å². The molecule has 3 rings (SSSR count). The molecule has 0 aliphatic carbocycles. The van der Waals surface area contributed by atoms with Gasteiger partial charge in [0.1, 0.15) is 0 Å². The van der Waals surface area contributed by atoms with E-state index in [1.807, 2.05) is 19.1 Å². The summed E-state index contributed by atoms with van der Waals surface area (Å²) in [5, 5.41) is 7.30. The lowest BCUT2D eigenvalue weighted by molar-refractivity contribution is 0.0991. The van der Waals surface area contributed by atoms with Crippen LogP contribution in [0.4, 0.5) is 11.4 Å². The standard InChI is InChI=1S/C18H23N3O4S/c1-13-12-14(21-10-4-2-3-5-11-21)6-7-15(13)20-18(22)16-8-9-17(25-16)26(19,23)24/h6-9,12H,2-5,10-11H2,1H3,(H,20,22)(H2,19,23,24). The van der Waals surface area contributed by atoms with Crippen molar-refractivity contribution in [1.82, 2.24) is 0 Å². The maximum absolute atomic E-state index is 12.3. The average Bonchev–Trinajstić information content (AvgIpc) is 2.94. The summed E-state index contributed by atoms with van der Waals surface area (Å²) in [5.74, 6) is -0.629. The van der Waals surface area contributed by atoms with E-state index >= 15 is 0 Å². The SMILES string of the molecule is Cc1cc(N2CCCCCC2)ccc1NC(=O)c1ccc(S(N)(=O)=O)o1. The number of sulfonamides is 1. The lowest BCUT2D eigenvalue weighted by Gasteiger charge is -2.23. The van der Waals surface area contributed by atoms with Crippen molar-refractivity contribution >= 4 is 27.3 Å². The highest BCUT2D eigenvalue weighted by Crippen LogP contribution is 2.25. The number of furan rings is 1. The number of aryl methyl sites for hydroxylation is 1. The first-order valence-electron chi connectivity index (χ1n) is 8.64. The number of rotatable bonds is 4. The Kier molecular flexibility index (Phi) is 5.33. The second-order valence-corrected chi connectivity index (χ2v) is 8.01. The molecule has 0 atom stereocenters. The Hall–Kier alpha value is -2.32. The molecule has 0 spiro atoms. The number of carbonyl (C=O) groups excluding carboxylic acids is 1. The smallest absolute Gasteiger partial charge is 0.291 e. The van der Waals surface area contributed by atoms with E-state index in [1.165, 1.54) is 37.8 Å². The Balaban J connectivity index is 1.73. The molecule has 1 saturated heterocycles. The van der Waals surface area contributed by atoms with Crippen LogP contribution in [0.2, 0.25) is 0 Å². The summed E-state index contributed by atoms with van der Waals surface area (Å²) >= 11 is 0. The second kappa shape index (κ2) is 7.51. The van der Waals surface area contributed by atoms with Gasteiger partial charge in [0.2, 0.25) is 5.09 Å². The zero-order valence-corrected chi connectivity index (χ0v) is 15.5. The van der Waals surface area contributed by atoms with E-state index in [2.05, 4.69) is 16.3 Å². The second-order valence-electron chi connectivity index (χ2n) is 6.52. The van der Waals surface area contributed by atoms with E-state index in [4.69, 9.17) is 9.56 Å². The molecule has 0 bridgehead atoms. The van der Waals surface area contributed by atoms with Crippen molar-refractivity contribution in [2.45, 2.75) is 37.7 Å². The van der Waals surface area contributed by atoms with E-state index in [9.17, 15) is 13.2 Å². The Morgan fingerprint density at radius 3 is 2.38 bits per heavy atom. The molecular formula is C18H23N3O4S. The van der Waals surface area contributed by atoms with E-state index in [0.717, 1.165) is 24.3 Å². The summed E-state index contributed by atoms with van der Waals surface area (Å²) < 4.78 is 27.5. The Morgan fingerprint density at radius 2 is 1.81 bits per heavy atom. The third-order valence-corrected chi connectivity index (χ3v) is 5.30. The summed E-state index contributed by atoms with van der Waals surface area (Å²) in [4.78, 5) is 14.7. The number of primary sulfonamides is 1. The first-order valence-corrected chi connectivity index (χ1v) is 10.2. The molecule has 26 heavy (non-hydrogen) atoms. The molecule has 8 heteroatoms.